The molecule has 2 nitrogen and oxygen atoms in total. The van der Waals surface area contributed by atoms with Crippen molar-refractivity contribution < 1.29 is 9.13 Å². The van der Waals surface area contributed by atoms with Gasteiger partial charge in [-0.05, 0) is 6.92 Å². The summed E-state index contributed by atoms with van der Waals surface area (Å²) in [4.78, 5) is 0. The monoisotopic (exact) mass is 121 g/mol. The van der Waals surface area contributed by atoms with Gasteiger partial charge in [-0.15, -0.1) is 0 Å². The van der Waals surface area contributed by atoms with Gasteiger partial charge in [-0.25, -0.2) is 4.39 Å². The van der Waals surface area contributed by atoms with Crippen molar-refractivity contribution in [1.29, 1.82) is 0 Å². The predicted octanol–water partition coefficient (Wildman–Crippen LogP) is 0.320. The molecule has 0 aromatic heterocycles. The number of halogens is 1. The van der Waals surface area contributed by atoms with E-state index in [4.69, 9.17) is 5.73 Å². The molecule has 0 aliphatic carbocycles. The smallest absolute Gasteiger partial charge is 0.143 e. The summed E-state index contributed by atoms with van der Waals surface area (Å²) in [5.74, 6) is 0. The normalized spacial score (nSPS) is 18.0. The lowest BCUT2D eigenvalue weighted by molar-refractivity contribution is 0.0611. The van der Waals surface area contributed by atoms with Crippen LogP contribution in [0.3, 0.4) is 0 Å². The predicted molar refractivity (Wildman–Crippen MR) is 30.4 cm³/mol. The van der Waals surface area contributed by atoms with Crippen molar-refractivity contribution in [3.63, 3.8) is 0 Å². The lowest BCUT2D eigenvalue weighted by Crippen LogP contribution is -2.33. The average Bonchev–Trinajstić information content (AvgIpc) is 1.67. The van der Waals surface area contributed by atoms with Gasteiger partial charge in [0.1, 0.15) is 5.67 Å². The minimum atomic E-state index is -1.35. The molecule has 0 aromatic rings. The quantitative estimate of drug-likeness (QED) is 0.583. The highest BCUT2D eigenvalue weighted by Crippen LogP contribution is 2.06. The maximum atomic E-state index is 12.6. The van der Waals surface area contributed by atoms with Gasteiger partial charge in [0.2, 0.25) is 0 Å². The van der Waals surface area contributed by atoms with Crippen LogP contribution >= 0.6 is 0 Å². The first-order chi connectivity index (χ1) is 3.62. The first-order valence-corrected chi connectivity index (χ1v) is 2.50. The van der Waals surface area contributed by atoms with Crippen LogP contribution < -0.4 is 5.73 Å². The maximum Gasteiger partial charge on any atom is 0.143 e. The number of ether oxygens (including phenoxy) is 1. The highest BCUT2D eigenvalue weighted by atomic mass is 19.1. The molecule has 0 rings (SSSR count). The Hall–Kier alpha value is -0.150. The van der Waals surface area contributed by atoms with E-state index in [1.165, 1.54) is 14.0 Å². The second-order valence-electron chi connectivity index (χ2n) is 2.05. The molecule has 0 spiro atoms. The largest absolute Gasteiger partial charge is 0.381 e. The molecule has 50 valence electrons. The van der Waals surface area contributed by atoms with Crippen molar-refractivity contribution in [2.24, 2.45) is 5.73 Å². The van der Waals surface area contributed by atoms with Crippen molar-refractivity contribution in [2.75, 3.05) is 20.3 Å². The Morgan fingerprint density at radius 3 is 2.38 bits per heavy atom. The summed E-state index contributed by atoms with van der Waals surface area (Å²) in [6.07, 6.45) is 0. The molecule has 0 aliphatic rings. The lowest BCUT2D eigenvalue weighted by atomic mass is 10.1. The van der Waals surface area contributed by atoms with E-state index in [1.807, 2.05) is 0 Å². The molecule has 0 bridgehead atoms. The molecule has 0 aromatic carbocycles. The van der Waals surface area contributed by atoms with Gasteiger partial charge >= 0.3 is 0 Å². The first-order valence-electron chi connectivity index (χ1n) is 2.50. The van der Waals surface area contributed by atoms with Gasteiger partial charge in [0.05, 0.1) is 6.61 Å². The Kier molecular flexibility index (Phi) is 2.94. The van der Waals surface area contributed by atoms with E-state index in [-0.39, 0.29) is 13.2 Å². The van der Waals surface area contributed by atoms with Gasteiger partial charge in [0.25, 0.3) is 0 Å². The number of alkyl halides is 1. The van der Waals surface area contributed by atoms with E-state index in [0.717, 1.165) is 0 Å². The zero-order chi connectivity index (χ0) is 6.62. The van der Waals surface area contributed by atoms with Crippen LogP contribution in [-0.4, -0.2) is 25.9 Å². The summed E-state index contributed by atoms with van der Waals surface area (Å²) in [5.41, 5.74) is 3.68. The van der Waals surface area contributed by atoms with E-state index in [1.54, 1.807) is 0 Å². The Morgan fingerprint density at radius 1 is 1.75 bits per heavy atom. The average molecular weight is 121 g/mol. The van der Waals surface area contributed by atoms with Crippen LogP contribution in [0.4, 0.5) is 4.39 Å². The maximum absolute atomic E-state index is 12.6. The SMILES string of the molecule is COC[C@](C)(F)CN. The molecule has 0 aliphatic heterocycles. The van der Waals surface area contributed by atoms with Crippen LogP contribution in [0.15, 0.2) is 0 Å². The van der Waals surface area contributed by atoms with Crippen molar-refractivity contribution in [3.05, 3.63) is 0 Å². The first kappa shape index (κ1) is 7.85. The molecule has 0 unspecified atom stereocenters. The molecule has 0 radical (unpaired) electrons. The van der Waals surface area contributed by atoms with Crippen molar-refractivity contribution in [2.45, 2.75) is 12.6 Å². The Labute approximate surface area is 48.8 Å². The van der Waals surface area contributed by atoms with Crippen LogP contribution in [0.5, 0.6) is 0 Å². The van der Waals surface area contributed by atoms with Gasteiger partial charge in [-0.2, -0.15) is 0 Å². The van der Waals surface area contributed by atoms with Gasteiger partial charge in [0.15, 0.2) is 0 Å². The van der Waals surface area contributed by atoms with E-state index < -0.39 is 5.67 Å². The highest BCUT2D eigenvalue weighted by molar-refractivity contribution is 4.72. The van der Waals surface area contributed by atoms with Gasteiger partial charge in [-0.1, -0.05) is 0 Å². The Balaban J connectivity index is 3.37. The third kappa shape index (κ3) is 2.93. The summed E-state index contributed by atoms with van der Waals surface area (Å²) >= 11 is 0. The standard InChI is InChI=1S/C5H12FNO/c1-5(6,3-7)4-8-2/h3-4,7H2,1-2H3/t5-/m1/s1. The summed E-state index contributed by atoms with van der Waals surface area (Å²) in [6, 6.07) is 0. The second kappa shape index (κ2) is 2.99. The van der Waals surface area contributed by atoms with Crippen LogP contribution in [0, 0.1) is 0 Å². The molecule has 0 saturated carbocycles. The zero-order valence-electron chi connectivity index (χ0n) is 5.28. The number of hydrogen-bond donors (Lipinski definition) is 1. The lowest BCUT2D eigenvalue weighted by Gasteiger charge is -2.15. The molecule has 2 N–H and O–H groups in total. The number of nitrogens with two attached hydrogens (primary N) is 1. The van der Waals surface area contributed by atoms with Crippen molar-refractivity contribution in [1.82, 2.24) is 0 Å². The minimum absolute atomic E-state index is 0.0147. The van der Waals surface area contributed by atoms with Gasteiger partial charge < -0.3 is 10.5 Å². The Morgan fingerprint density at radius 2 is 2.25 bits per heavy atom. The molecule has 0 fully saturated rings. The molecule has 0 heterocycles. The van der Waals surface area contributed by atoms with Crippen LogP contribution in [0.2, 0.25) is 0 Å². The van der Waals surface area contributed by atoms with E-state index in [0.29, 0.717) is 0 Å². The van der Waals surface area contributed by atoms with E-state index in [9.17, 15) is 4.39 Å². The van der Waals surface area contributed by atoms with E-state index in [2.05, 4.69) is 4.74 Å². The summed E-state index contributed by atoms with van der Waals surface area (Å²) < 4.78 is 17.1. The molecular weight excluding hydrogens is 109 g/mol. The number of methoxy groups -OCH3 is 1. The summed E-state index contributed by atoms with van der Waals surface area (Å²) in [6.45, 7) is 1.50. The molecule has 1 atom stereocenters. The van der Waals surface area contributed by atoms with Crippen LogP contribution in [-0.2, 0) is 4.74 Å². The summed E-state index contributed by atoms with van der Waals surface area (Å²) in [5, 5.41) is 0. The van der Waals surface area contributed by atoms with Crippen molar-refractivity contribution in [3.8, 4) is 0 Å². The third-order valence-electron chi connectivity index (χ3n) is 0.871. The molecule has 0 amide bonds. The topological polar surface area (TPSA) is 35.2 Å². The van der Waals surface area contributed by atoms with Crippen LogP contribution in [0.1, 0.15) is 6.92 Å². The van der Waals surface area contributed by atoms with Crippen molar-refractivity contribution >= 4 is 0 Å². The second-order valence-corrected chi connectivity index (χ2v) is 2.05. The number of hydrogen-bond acceptors (Lipinski definition) is 2. The van der Waals surface area contributed by atoms with Gasteiger partial charge in [-0.3, -0.25) is 0 Å². The number of rotatable bonds is 3. The third-order valence-corrected chi connectivity index (χ3v) is 0.871. The Bertz CT molecular complexity index is 65.4. The van der Waals surface area contributed by atoms with Crippen LogP contribution in [0.25, 0.3) is 0 Å². The minimum Gasteiger partial charge on any atom is -0.381 e. The fourth-order valence-electron chi connectivity index (χ4n) is 0.360. The molecule has 8 heavy (non-hydrogen) atoms. The van der Waals surface area contributed by atoms with E-state index >= 15 is 0 Å². The molecule has 3 heteroatoms. The fraction of sp³-hybridized carbons (Fsp3) is 1.00. The van der Waals surface area contributed by atoms with Gasteiger partial charge in [0, 0.05) is 13.7 Å². The molecular formula is C5H12FNO. The highest BCUT2D eigenvalue weighted by Gasteiger charge is 2.19. The summed E-state index contributed by atoms with van der Waals surface area (Å²) in [7, 11) is 1.45. The zero-order valence-corrected chi connectivity index (χ0v) is 5.28. The fourth-order valence-corrected chi connectivity index (χ4v) is 0.360. The molecule has 0 saturated heterocycles.